The van der Waals surface area contributed by atoms with Crippen LogP contribution in [0.3, 0.4) is 0 Å². The third kappa shape index (κ3) is 4.97. The topological polar surface area (TPSA) is 62.3 Å². The molecule has 2 atom stereocenters. The van der Waals surface area contributed by atoms with Gasteiger partial charge in [0.05, 0.1) is 10.2 Å². The second-order valence-corrected chi connectivity index (χ2v) is 9.94. The molecule has 2 heterocycles. The van der Waals surface area contributed by atoms with Crippen LogP contribution in [0, 0.1) is 5.92 Å². The van der Waals surface area contributed by atoms with Crippen LogP contribution in [0.25, 0.3) is 10.2 Å². The van der Waals surface area contributed by atoms with E-state index in [0.29, 0.717) is 24.0 Å². The van der Waals surface area contributed by atoms with E-state index >= 15 is 0 Å². The third-order valence-electron chi connectivity index (χ3n) is 6.40. The highest BCUT2D eigenvalue weighted by Gasteiger charge is 2.33. The van der Waals surface area contributed by atoms with Crippen molar-refractivity contribution in [1.82, 2.24) is 15.2 Å². The molecule has 7 heteroatoms. The molecule has 2 amide bonds. The molecule has 5 nitrogen and oxygen atoms in total. The van der Waals surface area contributed by atoms with Crippen molar-refractivity contribution in [1.29, 1.82) is 0 Å². The molecule has 1 aliphatic rings. The molecule has 1 aromatic heterocycles. The first-order chi connectivity index (χ1) is 15.5. The number of nitrogens with one attached hydrogen (secondary N) is 1. The summed E-state index contributed by atoms with van der Waals surface area (Å²) in [7, 11) is 0. The van der Waals surface area contributed by atoms with Gasteiger partial charge in [-0.15, -0.1) is 11.3 Å². The fourth-order valence-corrected chi connectivity index (χ4v) is 5.22. The molecule has 32 heavy (non-hydrogen) atoms. The number of carbonyl (C=O) groups is 2. The average molecular weight is 470 g/mol. The van der Waals surface area contributed by atoms with Crippen LogP contribution in [-0.2, 0) is 4.79 Å². The number of fused-ring (bicyclic) bond motifs is 1. The predicted molar refractivity (Wildman–Crippen MR) is 130 cm³/mol. The van der Waals surface area contributed by atoms with Crippen LogP contribution in [-0.4, -0.2) is 40.8 Å². The van der Waals surface area contributed by atoms with Gasteiger partial charge in [-0.25, -0.2) is 4.98 Å². The molecule has 0 saturated carbocycles. The van der Waals surface area contributed by atoms with Crippen LogP contribution in [0.15, 0.2) is 48.5 Å². The summed E-state index contributed by atoms with van der Waals surface area (Å²) in [4.78, 5) is 32.7. The van der Waals surface area contributed by atoms with E-state index < -0.39 is 6.04 Å². The quantitative estimate of drug-likeness (QED) is 0.518. The van der Waals surface area contributed by atoms with Crippen LogP contribution in [0.2, 0.25) is 5.02 Å². The number of halogens is 1. The van der Waals surface area contributed by atoms with Gasteiger partial charge >= 0.3 is 0 Å². The van der Waals surface area contributed by atoms with Crippen molar-refractivity contribution >= 4 is 45.0 Å². The van der Waals surface area contributed by atoms with Crippen molar-refractivity contribution in [3.05, 3.63) is 64.1 Å². The number of nitrogens with zero attached hydrogens (tertiary/aromatic N) is 2. The fourth-order valence-electron chi connectivity index (χ4n) is 4.22. The van der Waals surface area contributed by atoms with E-state index in [0.717, 1.165) is 34.5 Å². The number of piperidine rings is 1. The summed E-state index contributed by atoms with van der Waals surface area (Å²) in [5, 5.41) is 4.13. The standard InChI is InChI=1S/C25H28ClN3O2S/c1-3-16(2)22(28-23(30)24-27-20-6-4-5-7-21(20)32-24)25(31)29-14-12-18(13-15-29)17-8-10-19(26)11-9-17/h4-11,16,18,22H,3,12-15H2,1-2H3,(H,28,30)/t16-,22+/m0/s1. The van der Waals surface area contributed by atoms with Crippen molar-refractivity contribution in [2.45, 2.75) is 45.1 Å². The Morgan fingerprint density at radius 1 is 1.16 bits per heavy atom. The molecule has 2 aromatic carbocycles. The van der Waals surface area contributed by atoms with Crippen LogP contribution >= 0.6 is 22.9 Å². The van der Waals surface area contributed by atoms with Gasteiger partial charge in [-0.1, -0.05) is 56.1 Å². The first-order valence-electron chi connectivity index (χ1n) is 11.2. The summed E-state index contributed by atoms with van der Waals surface area (Å²) in [5.74, 6) is 0.190. The van der Waals surface area contributed by atoms with Crippen molar-refractivity contribution < 1.29 is 9.59 Å². The molecule has 0 aliphatic carbocycles. The van der Waals surface area contributed by atoms with Crippen LogP contribution in [0.4, 0.5) is 0 Å². The van der Waals surface area contributed by atoms with Crippen LogP contribution < -0.4 is 5.32 Å². The van der Waals surface area contributed by atoms with E-state index in [1.54, 1.807) is 0 Å². The molecule has 0 spiro atoms. The van der Waals surface area contributed by atoms with E-state index in [9.17, 15) is 9.59 Å². The van der Waals surface area contributed by atoms with Crippen LogP contribution in [0.5, 0.6) is 0 Å². The summed E-state index contributed by atoms with van der Waals surface area (Å²) in [6.07, 6.45) is 2.62. The average Bonchev–Trinajstić information content (AvgIpc) is 3.27. The van der Waals surface area contributed by atoms with Gasteiger partial charge in [-0.3, -0.25) is 9.59 Å². The van der Waals surface area contributed by atoms with Crippen molar-refractivity contribution in [2.75, 3.05) is 13.1 Å². The number of thiazole rings is 1. The Kier molecular flexibility index (Phi) is 7.11. The normalized spacial score (nSPS) is 16.7. The lowest BCUT2D eigenvalue weighted by molar-refractivity contribution is -0.135. The number of likely N-dealkylation sites (tertiary alicyclic amines) is 1. The summed E-state index contributed by atoms with van der Waals surface area (Å²) in [6, 6.07) is 15.1. The number of para-hydroxylation sites is 1. The number of aromatic nitrogens is 1. The van der Waals surface area contributed by atoms with Crippen molar-refractivity contribution in [3.63, 3.8) is 0 Å². The lowest BCUT2D eigenvalue weighted by Crippen LogP contribution is -2.53. The van der Waals surface area contributed by atoms with Crippen LogP contribution in [0.1, 0.15) is 54.4 Å². The number of rotatable bonds is 6. The van der Waals surface area contributed by atoms with Gasteiger partial charge in [0, 0.05) is 18.1 Å². The highest BCUT2D eigenvalue weighted by atomic mass is 35.5. The molecule has 0 bridgehead atoms. The minimum atomic E-state index is -0.549. The Labute approximate surface area is 197 Å². The Balaban J connectivity index is 1.43. The maximum atomic E-state index is 13.4. The largest absolute Gasteiger partial charge is 0.341 e. The van der Waals surface area contributed by atoms with E-state index in [-0.39, 0.29) is 17.7 Å². The second kappa shape index (κ2) is 10.0. The minimum absolute atomic E-state index is 0.00312. The van der Waals surface area contributed by atoms with Crippen molar-refractivity contribution in [3.8, 4) is 0 Å². The number of amides is 2. The Bertz CT molecular complexity index is 1060. The molecule has 1 N–H and O–H groups in total. The SMILES string of the molecule is CC[C@H](C)[C@@H](NC(=O)c1nc2ccccc2s1)C(=O)N1CCC(c2ccc(Cl)cc2)CC1. The number of benzene rings is 2. The molecule has 1 fully saturated rings. The molecule has 1 aliphatic heterocycles. The van der Waals surface area contributed by atoms with Gasteiger partial charge in [0.1, 0.15) is 6.04 Å². The smallest absolute Gasteiger partial charge is 0.280 e. The Morgan fingerprint density at radius 3 is 2.50 bits per heavy atom. The van der Waals surface area contributed by atoms with E-state index in [2.05, 4.69) is 22.4 Å². The number of hydrogen-bond donors (Lipinski definition) is 1. The lowest BCUT2D eigenvalue weighted by atomic mass is 9.88. The maximum Gasteiger partial charge on any atom is 0.280 e. The highest BCUT2D eigenvalue weighted by molar-refractivity contribution is 7.20. The molecule has 0 unspecified atom stereocenters. The van der Waals surface area contributed by atoms with E-state index in [4.69, 9.17) is 11.6 Å². The van der Waals surface area contributed by atoms with Crippen molar-refractivity contribution in [2.24, 2.45) is 5.92 Å². The summed E-state index contributed by atoms with van der Waals surface area (Å²) >= 11 is 7.37. The van der Waals surface area contributed by atoms with E-state index in [1.165, 1.54) is 16.9 Å². The summed E-state index contributed by atoms with van der Waals surface area (Å²) in [6.45, 7) is 5.44. The number of carbonyl (C=O) groups excluding carboxylic acids is 2. The minimum Gasteiger partial charge on any atom is -0.341 e. The Morgan fingerprint density at radius 2 is 1.84 bits per heavy atom. The molecule has 168 valence electrons. The molecule has 1 saturated heterocycles. The molecular weight excluding hydrogens is 442 g/mol. The second-order valence-electron chi connectivity index (χ2n) is 8.47. The lowest BCUT2D eigenvalue weighted by Gasteiger charge is -2.36. The highest BCUT2D eigenvalue weighted by Crippen LogP contribution is 2.30. The van der Waals surface area contributed by atoms with Gasteiger partial charge in [-0.2, -0.15) is 0 Å². The summed E-state index contributed by atoms with van der Waals surface area (Å²) in [5.41, 5.74) is 2.07. The zero-order chi connectivity index (χ0) is 22.7. The third-order valence-corrected chi connectivity index (χ3v) is 7.69. The maximum absolute atomic E-state index is 13.4. The predicted octanol–water partition coefficient (Wildman–Crippen LogP) is 5.50. The zero-order valence-electron chi connectivity index (χ0n) is 18.4. The van der Waals surface area contributed by atoms with Gasteiger partial charge in [0.2, 0.25) is 5.91 Å². The monoisotopic (exact) mass is 469 g/mol. The number of hydrogen-bond acceptors (Lipinski definition) is 4. The summed E-state index contributed by atoms with van der Waals surface area (Å²) < 4.78 is 0.966. The molecule has 4 rings (SSSR count). The first-order valence-corrected chi connectivity index (χ1v) is 12.4. The van der Waals surface area contributed by atoms with Gasteiger partial charge in [0.25, 0.3) is 5.91 Å². The van der Waals surface area contributed by atoms with E-state index in [1.807, 2.05) is 55.1 Å². The molecular formula is C25H28ClN3O2S. The zero-order valence-corrected chi connectivity index (χ0v) is 20.0. The van der Waals surface area contributed by atoms with Gasteiger partial charge in [-0.05, 0) is 54.5 Å². The van der Waals surface area contributed by atoms with Gasteiger partial charge in [0.15, 0.2) is 5.01 Å². The van der Waals surface area contributed by atoms with Gasteiger partial charge < -0.3 is 10.2 Å². The molecule has 3 aromatic rings. The first kappa shape index (κ1) is 22.7. The Hall–Kier alpha value is -2.44. The molecule has 0 radical (unpaired) electrons. The fraction of sp³-hybridized carbons (Fsp3) is 0.400.